The van der Waals surface area contributed by atoms with Crippen molar-refractivity contribution in [1.82, 2.24) is 0 Å². The summed E-state index contributed by atoms with van der Waals surface area (Å²) in [4.78, 5) is 35.4. The Balaban J connectivity index is 2.05. The Hall–Kier alpha value is -2.62. The number of carbonyl (C=O) groups excluding carboxylic acids is 3. The number of hydrogen-bond donors (Lipinski definition) is 3. The summed E-state index contributed by atoms with van der Waals surface area (Å²) in [7, 11) is 0. The normalized spacial score (nSPS) is 10.8. The molecule has 2 rings (SSSR count). The van der Waals surface area contributed by atoms with E-state index in [0.717, 1.165) is 4.31 Å². The Morgan fingerprint density at radius 1 is 1.00 bits per heavy atom. The highest BCUT2D eigenvalue weighted by Gasteiger charge is 2.20. The van der Waals surface area contributed by atoms with Crippen molar-refractivity contribution in [3.05, 3.63) is 46.4 Å². The minimum absolute atomic E-state index is 0.0821. The zero-order valence-corrected chi connectivity index (χ0v) is 20.3. The molecule has 0 spiro atoms. The van der Waals surface area contributed by atoms with Gasteiger partial charge in [0.1, 0.15) is 5.60 Å². The van der Waals surface area contributed by atoms with E-state index in [1.807, 2.05) is 0 Å². The van der Waals surface area contributed by atoms with E-state index in [-0.39, 0.29) is 34.0 Å². The van der Waals surface area contributed by atoms with Crippen LogP contribution in [0.15, 0.2) is 36.4 Å². The first-order valence-electron chi connectivity index (χ1n) is 9.37. The fraction of sp³-hybridized carbons (Fsp3) is 0.286. The molecule has 8 nitrogen and oxygen atoms in total. The van der Waals surface area contributed by atoms with Crippen molar-refractivity contribution in [3.63, 3.8) is 0 Å². The number of rotatable bonds is 6. The quantitative estimate of drug-likeness (QED) is 0.357. The Labute approximate surface area is 201 Å². The van der Waals surface area contributed by atoms with Crippen LogP contribution in [-0.4, -0.2) is 30.1 Å². The molecular weight excluding hydrogens is 477 g/mol. The van der Waals surface area contributed by atoms with Crippen LogP contribution in [0.4, 0.5) is 21.9 Å². The number of halogens is 2. The first kappa shape index (κ1) is 25.6. The lowest BCUT2D eigenvalue weighted by atomic mass is 10.2. The lowest BCUT2D eigenvalue weighted by Gasteiger charge is -2.20. The molecule has 0 fully saturated rings. The highest BCUT2D eigenvalue weighted by Crippen LogP contribution is 2.38. The van der Waals surface area contributed by atoms with Crippen LogP contribution < -0.4 is 19.7 Å². The monoisotopic (exact) mass is 499 g/mol. The van der Waals surface area contributed by atoms with E-state index in [1.165, 1.54) is 19.1 Å². The summed E-state index contributed by atoms with van der Waals surface area (Å²) in [5.74, 6) is -0.692. The van der Waals surface area contributed by atoms with E-state index in [9.17, 15) is 14.4 Å². The number of urea groups is 1. The predicted octanol–water partition coefficient (Wildman–Crippen LogP) is 5.56. The lowest BCUT2D eigenvalue weighted by Crippen LogP contribution is -2.27. The average Bonchev–Trinajstić information content (AvgIpc) is 2.66. The Morgan fingerprint density at radius 2 is 1.50 bits per heavy atom. The molecule has 32 heavy (non-hydrogen) atoms. The predicted molar refractivity (Wildman–Crippen MR) is 129 cm³/mol. The zero-order valence-electron chi connectivity index (χ0n) is 17.9. The SMILES string of the molecule is CC(=O)Nc1ccc(NC(=O)N(S)c2cc(Cl)c(OCC(=O)OC(C)(C)C)c(Cl)c2)cc1. The summed E-state index contributed by atoms with van der Waals surface area (Å²) in [6, 6.07) is 8.80. The fourth-order valence-corrected chi connectivity index (χ4v) is 3.19. The van der Waals surface area contributed by atoms with Crippen molar-refractivity contribution in [2.45, 2.75) is 33.3 Å². The van der Waals surface area contributed by atoms with Gasteiger partial charge in [0.05, 0.1) is 15.7 Å². The van der Waals surface area contributed by atoms with Crippen LogP contribution in [0.1, 0.15) is 27.7 Å². The van der Waals surface area contributed by atoms with Crippen LogP contribution in [0.25, 0.3) is 0 Å². The molecule has 2 aromatic carbocycles. The Kier molecular flexibility index (Phi) is 8.65. The number of nitrogens with one attached hydrogen (secondary N) is 2. The molecule has 0 aliphatic carbocycles. The number of amides is 3. The van der Waals surface area contributed by atoms with Gasteiger partial charge in [-0.25, -0.2) is 13.9 Å². The maximum atomic E-state index is 12.5. The minimum Gasteiger partial charge on any atom is -0.479 e. The molecule has 0 heterocycles. The summed E-state index contributed by atoms with van der Waals surface area (Å²) in [6.45, 7) is 6.24. The molecule has 11 heteroatoms. The molecular formula is C21H23Cl2N3O5S. The molecule has 3 amide bonds. The van der Waals surface area contributed by atoms with E-state index < -0.39 is 17.6 Å². The van der Waals surface area contributed by atoms with Crippen molar-refractivity contribution in [1.29, 1.82) is 0 Å². The largest absolute Gasteiger partial charge is 0.479 e. The third-order valence-corrected chi connectivity index (χ3v) is 4.60. The van der Waals surface area contributed by atoms with Crippen molar-refractivity contribution in [2.24, 2.45) is 0 Å². The first-order valence-corrected chi connectivity index (χ1v) is 10.5. The summed E-state index contributed by atoms with van der Waals surface area (Å²) >= 11 is 16.7. The van der Waals surface area contributed by atoms with Crippen molar-refractivity contribution in [3.8, 4) is 5.75 Å². The summed E-state index contributed by atoms with van der Waals surface area (Å²) in [6.07, 6.45) is 0. The van der Waals surface area contributed by atoms with Gasteiger partial charge >= 0.3 is 12.0 Å². The average molecular weight is 500 g/mol. The Morgan fingerprint density at radius 3 is 1.97 bits per heavy atom. The van der Waals surface area contributed by atoms with Crippen LogP contribution in [0, 0.1) is 0 Å². The minimum atomic E-state index is -0.651. The topological polar surface area (TPSA) is 97.0 Å². The standard InChI is InChI=1S/C21H23Cl2N3O5S/c1-12(27)24-13-5-7-14(8-6-13)25-20(29)26(32)15-9-16(22)19(17(23)10-15)30-11-18(28)31-21(2,3)4/h5-10,32H,11H2,1-4H3,(H,24,27)(H,25,29). The molecule has 0 radical (unpaired) electrons. The highest BCUT2D eigenvalue weighted by molar-refractivity contribution is 7.82. The van der Waals surface area contributed by atoms with Gasteiger partial charge < -0.3 is 20.1 Å². The lowest BCUT2D eigenvalue weighted by molar-refractivity contribution is -0.157. The first-order chi connectivity index (χ1) is 14.9. The third kappa shape index (κ3) is 7.81. The maximum Gasteiger partial charge on any atom is 0.344 e. The van der Waals surface area contributed by atoms with Gasteiger partial charge in [0.15, 0.2) is 12.4 Å². The molecule has 0 aliphatic heterocycles. The van der Waals surface area contributed by atoms with E-state index in [0.29, 0.717) is 11.4 Å². The van der Waals surface area contributed by atoms with Crippen LogP contribution >= 0.6 is 36.0 Å². The number of anilines is 3. The molecule has 0 unspecified atom stereocenters. The number of ether oxygens (including phenoxy) is 2. The van der Waals surface area contributed by atoms with Gasteiger partial charge in [0, 0.05) is 18.3 Å². The van der Waals surface area contributed by atoms with E-state index >= 15 is 0 Å². The fourth-order valence-electron chi connectivity index (χ4n) is 2.44. The molecule has 172 valence electrons. The number of thiol groups is 1. The van der Waals surface area contributed by atoms with Crippen molar-refractivity contribution in [2.75, 3.05) is 21.5 Å². The van der Waals surface area contributed by atoms with Gasteiger partial charge in [-0.2, -0.15) is 0 Å². The number of hydrogen-bond acceptors (Lipinski definition) is 6. The van der Waals surface area contributed by atoms with Crippen molar-refractivity contribution < 1.29 is 23.9 Å². The zero-order chi connectivity index (χ0) is 24.1. The molecule has 0 aromatic heterocycles. The molecule has 0 bridgehead atoms. The molecule has 0 atom stereocenters. The van der Waals surface area contributed by atoms with Crippen LogP contribution in [0.3, 0.4) is 0 Å². The number of benzene rings is 2. The Bertz CT molecular complexity index is 986. The number of esters is 1. The van der Waals surface area contributed by atoms with E-state index in [1.54, 1.807) is 45.0 Å². The maximum absolute atomic E-state index is 12.5. The molecule has 2 N–H and O–H groups in total. The van der Waals surface area contributed by atoms with Gasteiger partial charge in [-0.3, -0.25) is 4.79 Å². The number of carbonyl (C=O) groups is 3. The van der Waals surface area contributed by atoms with Gasteiger partial charge in [0.25, 0.3) is 0 Å². The molecule has 2 aromatic rings. The van der Waals surface area contributed by atoms with Gasteiger partial charge in [-0.1, -0.05) is 36.0 Å². The second kappa shape index (κ2) is 10.8. The van der Waals surface area contributed by atoms with Gasteiger partial charge in [-0.15, -0.1) is 0 Å². The van der Waals surface area contributed by atoms with Crippen LogP contribution in [0.2, 0.25) is 10.0 Å². The summed E-state index contributed by atoms with van der Waals surface area (Å²) < 4.78 is 11.6. The van der Waals surface area contributed by atoms with Gasteiger partial charge in [0.2, 0.25) is 5.91 Å². The van der Waals surface area contributed by atoms with Crippen LogP contribution in [0.5, 0.6) is 5.75 Å². The molecule has 0 aliphatic rings. The molecule has 0 saturated carbocycles. The van der Waals surface area contributed by atoms with E-state index in [4.69, 9.17) is 32.7 Å². The summed E-state index contributed by atoms with van der Waals surface area (Å²) in [5.41, 5.74) is 0.707. The highest BCUT2D eigenvalue weighted by atomic mass is 35.5. The molecule has 0 saturated heterocycles. The number of nitrogens with zero attached hydrogens (tertiary/aromatic N) is 1. The van der Waals surface area contributed by atoms with Gasteiger partial charge in [-0.05, 0) is 57.2 Å². The summed E-state index contributed by atoms with van der Waals surface area (Å²) in [5, 5.41) is 5.46. The second-order valence-corrected chi connectivity index (χ2v) is 8.83. The van der Waals surface area contributed by atoms with Crippen molar-refractivity contribution >= 4 is 71.0 Å². The van der Waals surface area contributed by atoms with Crippen LogP contribution in [-0.2, 0) is 14.3 Å². The third-order valence-electron chi connectivity index (χ3n) is 3.63. The smallest absolute Gasteiger partial charge is 0.344 e. The van der Waals surface area contributed by atoms with E-state index in [2.05, 4.69) is 23.4 Å². The second-order valence-electron chi connectivity index (χ2n) is 7.61.